The van der Waals surface area contributed by atoms with Crippen LogP contribution in [-0.2, 0) is 6.54 Å². The molecule has 68 valence electrons. The summed E-state index contributed by atoms with van der Waals surface area (Å²) in [6.45, 7) is 1.19. The van der Waals surface area contributed by atoms with Crippen molar-refractivity contribution in [1.82, 2.24) is 5.32 Å². The summed E-state index contributed by atoms with van der Waals surface area (Å²) in [5.74, 6) is 0.958. The zero-order valence-corrected chi connectivity index (χ0v) is 7.46. The minimum absolute atomic E-state index is 0.156. The van der Waals surface area contributed by atoms with Crippen molar-refractivity contribution >= 4 is 5.78 Å². The molecule has 0 saturated heterocycles. The molecule has 0 spiro atoms. The molecule has 1 N–H and O–H groups in total. The second kappa shape index (κ2) is 3.18. The number of fused-ring (bicyclic) bond motifs is 1. The van der Waals surface area contributed by atoms with Gasteiger partial charge >= 0.3 is 0 Å². The van der Waals surface area contributed by atoms with Gasteiger partial charge in [0.05, 0.1) is 13.7 Å². The lowest BCUT2D eigenvalue weighted by atomic mass is 10.00. The molecule has 3 heteroatoms. The standard InChI is InChI=1S/C10H11NO2/c1-13-8-2-3-9-7(4-8)5-11-6-10(9)12/h2-4,11H,5-6H2,1H3. The van der Waals surface area contributed by atoms with E-state index < -0.39 is 0 Å². The highest BCUT2D eigenvalue weighted by molar-refractivity contribution is 6.00. The number of carbonyl (C=O) groups is 1. The number of ether oxygens (including phenoxy) is 1. The monoisotopic (exact) mass is 177 g/mol. The molecule has 3 nitrogen and oxygen atoms in total. The predicted octanol–water partition coefficient (Wildman–Crippen LogP) is 0.981. The van der Waals surface area contributed by atoms with Gasteiger partial charge in [0.2, 0.25) is 0 Å². The molecule has 0 aromatic heterocycles. The normalized spacial score (nSPS) is 15.3. The van der Waals surface area contributed by atoms with Crippen LogP contribution in [0.4, 0.5) is 0 Å². The summed E-state index contributed by atoms with van der Waals surface area (Å²) in [5, 5.41) is 3.04. The molecule has 13 heavy (non-hydrogen) atoms. The molecule has 0 saturated carbocycles. The second-order valence-corrected chi connectivity index (χ2v) is 3.05. The van der Waals surface area contributed by atoms with Gasteiger partial charge in [-0.15, -0.1) is 0 Å². The Morgan fingerprint density at radius 1 is 1.38 bits per heavy atom. The van der Waals surface area contributed by atoms with E-state index in [2.05, 4.69) is 5.32 Å². The maximum absolute atomic E-state index is 11.4. The van der Waals surface area contributed by atoms with E-state index in [9.17, 15) is 4.79 Å². The summed E-state index contributed by atoms with van der Waals surface area (Å²) in [6, 6.07) is 5.55. The number of hydrogen-bond acceptors (Lipinski definition) is 3. The number of Topliss-reactive ketones (excluding diaryl/α,β-unsaturated/α-hetero) is 1. The predicted molar refractivity (Wildman–Crippen MR) is 49.0 cm³/mol. The maximum Gasteiger partial charge on any atom is 0.176 e. The first-order valence-corrected chi connectivity index (χ1v) is 4.22. The summed E-state index contributed by atoms with van der Waals surface area (Å²) < 4.78 is 5.08. The van der Waals surface area contributed by atoms with Crippen LogP contribution in [0.2, 0.25) is 0 Å². The van der Waals surface area contributed by atoms with Gasteiger partial charge in [0.25, 0.3) is 0 Å². The van der Waals surface area contributed by atoms with Crippen LogP contribution in [0.25, 0.3) is 0 Å². The van der Waals surface area contributed by atoms with Crippen molar-refractivity contribution < 1.29 is 9.53 Å². The smallest absolute Gasteiger partial charge is 0.176 e. The highest BCUT2D eigenvalue weighted by Crippen LogP contribution is 2.19. The van der Waals surface area contributed by atoms with Crippen LogP contribution >= 0.6 is 0 Å². The van der Waals surface area contributed by atoms with Crippen molar-refractivity contribution in [1.29, 1.82) is 0 Å². The first-order valence-electron chi connectivity index (χ1n) is 4.22. The largest absolute Gasteiger partial charge is 0.497 e. The third-order valence-electron chi connectivity index (χ3n) is 2.21. The molecule has 1 heterocycles. The number of hydrogen-bond donors (Lipinski definition) is 1. The fourth-order valence-electron chi connectivity index (χ4n) is 1.52. The third kappa shape index (κ3) is 1.42. The Kier molecular flexibility index (Phi) is 2.02. The van der Waals surface area contributed by atoms with Crippen LogP contribution < -0.4 is 10.1 Å². The molecule has 1 aliphatic rings. The van der Waals surface area contributed by atoms with Gasteiger partial charge in [0.1, 0.15) is 5.75 Å². The Morgan fingerprint density at radius 3 is 3.00 bits per heavy atom. The number of rotatable bonds is 1. The summed E-state index contributed by atoms with van der Waals surface area (Å²) >= 11 is 0. The van der Waals surface area contributed by atoms with Crippen molar-refractivity contribution in [3.8, 4) is 5.75 Å². The molecular formula is C10H11NO2. The van der Waals surface area contributed by atoms with E-state index in [0.717, 1.165) is 23.4 Å². The summed E-state index contributed by atoms with van der Waals surface area (Å²) in [5.41, 5.74) is 1.84. The van der Waals surface area contributed by atoms with Gasteiger partial charge in [-0.2, -0.15) is 0 Å². The topological polar surface area (TPSA) is 38.3 Å². The van der Waals surface area contributed by atoms with Crippen molar-refractivity contribution in [2.45, 2.75) is 6.54 Å². The van der Waals surface area contributed by atoms with Crippen LogP contribution in [0, 0.1) is 0 Å². The van der Waals surface area contributed by atoms with Crippen LogP contribution in [0.5, 0.6) is 5.75 Å². The van der Waals surface area contributed by atoms with Gasteiger partial charge in [-0.1, -0.05) is 0 Å². The van der Waals surface area contributed by atoms with Gasteiger partial charge in [-0.05, 0) is 23.8 Å². The van der Waals surface area contributed by atoms with Crippen LogP contribution in [-0.4, -0.2) is 19.4 Å². The van der Waals surface area contributed by atoms with Gasteiger partial charge in [-0.25, -0.2) is 0 Å². The van der Waals surface area contributed by atoms with Crippen molar-refractivity contribution in [3.05, 3.63) is 29.3 Å². The Hall–Kier alpha value is -1.35. The molecular weight excluding hydrogens is 166 g/mol. The van der Waals surface area contributed by atoms with E-state index in [1.54, 1.807) is 7.11 Å². The number of methoxy groups -OCH3 is 1. The molecule has 1 aliphatic heterocycles. The first kappa shape index (κ1) is 8.26. The van der Waals surface area contributed by atoms with E-state index >= 15 is 0 Å². The lowest BCUT2D eigenvalue weighted by Crippen LogP contribution is -2.29. The van der Waals surface area contributed by atoms with Crippen molar-refractivity contribution in [2.24, 2.45) is 0 Å². The number of benzene rings is 1. The molecule has 1 aromatic rings. The Bertz CT molecular complexity index is 347. The van der Waals surface area contributed by atoms with E-state index in [1.807, 2.05) is 18.2 Å². The molecule has 0 amide bonds. The number of ketones is 1. The van der Waals surface area contributed by atoms with Crippen LogP contribution in [0.1, 0.15) is 15.9 Å². The van der Waals surface area contributed by atoms with E-state index in [-0.39, 0.29) is 5.78 Å². The summed E-state index contributed by atoms with van der Waals surface area (Å²) in [4.78, 5) is 11.4. The molecule has 2 rings (SSSR count). The van der Waals surface area contributed by atoms with Gasteiger partial charge in [-0.3, -0.25) is 4.79 Å². The van der Waals surface area contributed by atoms with Gasteiger partial charge in [0.15, 0.2) is 5.78 Å². The Balaban J connectivity index is 2.45. The minimum Gasteiger partial charge on any atom is -0.497 e. The number of carbonyl (C=O) groups excluding carboxylic acids is 1. The average molecular weight is 177 g/mol. The fourth-order valence-corrected chi connectivity index (χ4v) is 1.52. The molecule has 0 fully saturated rings. The van der Waals surface area contributed by atoms with E-state index in [4.69, 9.17) is 4.74 Å². The highest BCUT2D eigenvalue weighted by Gasteiger charge is 2.16. The Morgan fingerprint density at radius 2 is 2.23 bits per heavy atom. The maximum atomic E-state index is 11.4. The molecule has 0 atom stereocenters. The van der Waals surface area contributed by atoms with Crippen LogP contribution in [0.3, 0.4) is 0 Å². The average Bonchev–Trinajstić information content (AvgIpc) is 2.18. The van der Waals surface area contributed by atoms with Gasteiger partial charge < -0.3 is 10.1 Å². The SMILES string of the molecule is COc1ccc2c(c1)CNCC2=O. The zero-order chi connectivity index (χ0) is 9.26. The quantitative estimate of drug-likeness (QED) is 0.695. The van der Waals surface area contributed by atoms with Crippen LogP contribution in [0.15, 0.2) is 18.2 Å². The number of nitrogens with one attached hydrogen (secondary N) is 1. The molecule has 1 aromatic carbocycles. The summed E-state index contributed by atoms with van der Waals surface area (Å²) in [7, 11) is 1.62. The molecule has 0 bridgehead atoms. The van der Waals surface area contributed by atoms with Crippen molar-refractivity contribution in [2.75, 3.05) is 13.7 Å². The third-order valence-corrected chi connectivity index (χ3v) is 2.21. The first-order chi connectivity index (χ1) is 6.31. The van der Waals surface area contributed by atoms with E-state index in [0.29, 0.717) is 6.54 Å². The Labute approximate surface area is 76.7 Å². The zero-order valence-electron chi connectivity index (χ0n) is 7.46. The van der Waals surface area contributed by atoms with Crippen molar-refractivity contribution in [3.63, 3.8) is 0 Å². The summed E-state index contributed by atoms with van der Waals surface area (Å²) in [6.07, 6.45) is 0. The molecule has 0 unspecified atom stereocenters. The van der Waals surface area contributed by atoms with E-state index in [1.165, 1.54) is 0 Å². The van der Waals surface area contributed by atoms with Gasteiger partial charge in [0, 0.05) is 12.1 Å². The minimum atomic E-state index is 0.156. The highest BCUT2D eigenvalue weighted by atomic mass is 16.5. The second-order valence-electron chi connectivity index (χ2n) is 3.05. The molecule has 0 aliphatic carbocycles. The fraction of sp³-hybridized carbons (Fsp3) is 0.300. The lowest BCUT2D eigenvalue weighted by Gasteiger charge is -2.16. The molecule has 0 radical (unpaired) electrons. The lowest BCUT2D eigenvalue weighted by molar-refractivity contribution is 0.0982.